The van der Waals surface area contributed by atoms with Crippen LogP contribution < -0.4 is 4.90 Å². The topological polar surface area (TPSA) is 65.0 Å². The first-order chi connectivity index (χ1) is 8.24. The third kappa shape index (κ3) is 1.86. The molecule has 1 aliphatic rings. The Morgan fingerprint density at radius 2 is 2.12 bits per heavy atom. The Kier molecular flexibility index (Phi) is 2.48. The van der Waals surface area contributed by atoms with E-state index in [1.807, 2.05) is 19.2 Å². The molecule has 17 heavy (non-hydrogen) atoms. The molecule has 0 spiro atoms. The summed E-state index contributed by atoms with van der Waals surface area (Å²) in [4.78, 5) is 14.3. The van der Waals surface area contributed by atoms with Gasteiger partial charge in [0.2, 0.25) is 0 Å². The predicted octanol–water partition coefficient (Wildman–Crippen LogP) is 1.23. The van der Waals surface area contributed by atoms with Crippen molar-refractivity contribution in [2.45, 2.75) is 25.9 Å². The summed E-state index contributed by atoms with van der Waals surface area (Å²) in [6.07, 6.45) is 3.36. The molecular formula is C12H16N4O. The van der Waals surface area contributed by atoms with Crippen LogP contribution in [0.4, 0.5) is 5.82 Å². The smallest absolute Gasteiger partial charge is 0.143 e. The molecule has 5 nitrogen and oxygen atoms in total. The first-order valence-electron chi connectivity index (χ1n) is 5.99. The lowest BCUT2D eigenvalue weighted by atomic mass is 10.1. The lowest BCUT2D eigenvalue weighted by molar-refractivity contribution is 0.145. The zero-order valence-electron chi connectivity index (χ0n) is 9.85. The van der Waals surface area contributed by atoms with E-state index in [1.54, 1.807) is 0 Å². The number of H-pyrrole nitrogens is 1. The number of aliphatic hydroxyl groups excluding tert-OH is 1. The molecule has 0 saturated carbocycles. The van der Waals surface area contributed by atoms with E-state index in [9.17, 15) is 5.11 Å². The van der Waals surface area contributed by atoms with Crippen LogP contribution in [0.2, 0.25) is 0 Å². The van der Waals surface area contributed by atoms with E-state index in [0.717, 1.165) is 48.6 Å². The summed E-state index contributed by atoms with van der Waals surface area (Å²) in [7, 11) is 0. The maximum absolute atomic E-state index is 9.54. The number of aryl methyl sites for hydroxylation is 1. The first kappa shape index (κ1) is 10.5. The van der Waals surface area contributed by atoms with Gasteiger partial charge < -0.3 is 15.0 Å². The second-order valence-corrected chi connectivity index (χ2v) is 4.55. The van der Waals surface area contributed by atoms with Crippen molar-refractivity contribution in [3.63, 3.8) is 0 Å². The van der Waals surface area contributed by atoms with Gasteiger partial charge >= 0.3 is 0 Å². The fourth-order valence-electron chi connectivity index (χ4n) is 2.35. The molecule has 3 heterocycles. The maximum Gasteiger partial charge on any atom is 0.143 e. The van der Waals surface area contributed by atoms with E-state index in [0.29, 0.717) is 0 Å². The molecule has 0 bridgehead atoms. The molecule has 0 radical (unpaired) electrons. The summed E-state index contributed by atoms with van der Waals surface area (Å²) in [6.45, 7) is 3.62. The van der Waals surface area contributed by atoms with Crippen LogP contribution in [0.25, 0.3) is 11.0 Å². The normalized spacial score (nSPS) is 17.9. The minimum absolute atomic E-state index is 0.157. The Bertz CT molecular complexity index is 528. The monoisotopic (exact) mass is 232 g/mol. The van der Waals surface area contributed by atoms with Gasteiger partial charge in [-0.2, -0.15) is 0 Å². The number of anilines is 1. The molecule has 2 N–H and O–H groups in total. The molecule has 2 aromatic rings. The van der Waals surface area contributed by atoms with Gasteiger partial charge in [-0.25, -0.2) is 9.97 Å². The van der Waals surface area contributed by atoms with Crippen molar-refractivity contribution in [1.82, 2.24) is 15.0 Å². The van der Waals surface area contributed by atoms with Crippen molar-refractivity contribution in [2.75, 3.05) is 18.0 Å². The standard InChI is InChI=1S/C12H16N4O/c1-8-14-11-10(2-5-13-11)12(15-8)16-6-3-9(17)4-7-16/h2,5,9,17H,3-4,6-7H2,1H3,(H,13,14,15). The number of aromatic nitrogens is 3. The summed E-state index contributed by atoms with van der Waals surface area (Å²) in [5, 5.41) is 10.6. The van der Waals surface area contributed by atoms with Gasteiger partial charge in [0.1, 0.15) is 17.3 Å². The van der Waals surface area contributed by atoms with E-state index in [2.05, 4.69) is 19.9 Å². The molecule has 0 amide bonds. The van der Waals surface area contributed by atoms with Crippen LogP contribution in [-0.2, 0) is 0 Å². The lowest BCUT2D eigenvalue weighted by Gasteiger charge is -2.30. The van der Waals surface area contributed by atoms with Gasteiger partial charge in [-0.1, -0.05) is 0 Å². The highest BCUT2D eigenvalue weighted by atomic mass is 16.3. The highest BCUT2D eigenvalue weighted by Crippen LogP contribution is 2.25. The number of aromatic amines is 1. The summed E-state index contributed by atoms with van der Waals surface area (Å²) in [6, 6.07) is 2.01. The van der Waals surface area contributed by atoms with Gasteiger partial charge in [0.15, 0.2) is 0 Å². The molecule has 5 heteroatoms. The third-order valence-corrected chi connectivity index (χ3v) is 3.27. The molecule has 0 atom stereocenters. The number of nitrogens with one attached hydrogen (secondary N) is 1. The Balaban J connectivity index is 2.01. The van der Waals surface area contributed by atoms with Crippen LogP contribution in [0.1, 0.15) is 18.7 Å². The number of rotatable bonds is 1. The van der Waals surface area contributed by atoms with Crippen molar-refractivity contribution < 1.29 is 5.11 Å². The largest absolute Gasteiger partial charge is 0.393 e. The fraction of sp³-hybridized carbons (Fsp3) is 0.500. The van der Waals surface area contributed by atoms with Crippen LogP contribution in [-0.4, -0.2) is 39.3 Å². The Hall–Kier alpha value is -1.62. The van der Waals surface area contributed by atoms with Gasteiger partial charge in [-0.05, 0) is 25.8 Å². The Morgan fingerprint density at radius 1 is 1.35 bits per heavy atom. The van der Waals surface area contributed by atoms with E-state index in [-0.39, 0.29) is 6.10 Å². The number of hydrogen-bond donors (Lipinski definition) is 2. The number of piperidine rings is 1. The minimum atomic E-state index is -0.157. The molecule has 0 aromatic carbocycles. The van der Waals surface area contributed by atoms with E-state index >= 15 is 0 Å². The third-order valence-electron chi connectivity index (χ3n) is 3.27. The summed E-state index contributed by atoms with van der Waals surface area (Å²) < 4.78 is 0. The van der Waals surface area contributed by atoms with Crippen LogP contribution in [0, 0.1) is 6.92 Å². The second-order valence-electron chi connectivity index (χ2n) is 4.55. The van der Waals surface area contributed by atoms with E-state index in [1.165, 1.54) is 0 Å². The van der Waals surface area contributed by atoms with Crippen molar-refractivity contribution in [1.29, 1.82) is 0 Å². The van der Waals surface area contributed by atoms with Crippen molar-refractivity contribution in [3.8, 4) is 0 Å². The SMILES string of the molecule is Cc1nc(N2CCC(O)CC2)c2cc[nH]c2n1. The molecular weight excluding hydrogens is 216 g/mol. The van der Waals surface area contributed by atoms with Crippen molar-refractivity contribution >= 4 is 16.9 Å². The fourth-order valence-corrected chi connectivity index (χ4v) is 2.35. The average Bonchev–Trinajstić information content (AvgIpc) is 2.77. The van der Waals surface area contributed by atoms with E-state index < -0.39 is 0 Å². The van der Waals surface area contributed by atoms with Crippen LogP contribution in [0.15, 0.2) is 12.3 Å². The zero-order chi connectivity index (χ0) is 11.8. The molecule has 3 rings (SSSR count). The zero-order valence-corrected chi connectivity index (χ0v) is 9.85. The van der Waals surface area contributed by atoms with Gasteiger partial charge in [0.05, 0.1) is 11.5 Å². The molecule has 90 valence electrons. The maximum atomic E-state index is 9.54. The number of fused-ring (bicyclic) bond motifs is 1. The van der Waals surface area contributed by atoms with Crippen molar-refractivity contribution in [3.05, 3.63) is 18.1 Å². The van der Waals surface area contributed by atoms with Crippen LogP contribution in [0.5, 0.6) is 0 Å². The molecule has 1 saturated heterocycles. The first-order valence-corrected chi connectivity index (χ1v) is 5.99. The lowest BCUT2D eigenvalue weighted by Crippen LogP contribution is -2.36. The van der Waals surface area contributed by atoms with Crippen LogP contribution in [0.3, 0.4) is 0 Å². The number of nitrogens with zero attached hydrogens (tertiary/aromatic N) is 3. The van der Waals surface area contributed by atoms with E-state index in [4.69, 9.17) is 0 Å². The van der Waals surface area contributed by atoms with Gasteiger partial charge in [-0.15, -0.1) is 0 Å². The summed E-state index contributed by atoms with van der Waals surface area (Å²) in [5.41, 5.74) is 0.888. The predicted molar refractivity (Wildman–Crippen MR) is 66.1 cm³/mol. The van der Waals surface area contributed by atoms with Gasteiger partial charge in [0, 0.05) is 19.3 Å². The Morgan fingerprint density at radius 3 is 2.88 bits per heavy atom. The molecule has 0 aliphatic carbocycles. The Labute approximate surface area is 99.5 Å². The average molecular weight is 232 g/mol. The highest BCUT2D eigenvalue weighted by Gasteiger charge is 2.20. The molecule has 0 unspecified atom stereocenters. The number of hydrogen-bond acceptors (Lipinski definition) is 4. The minimum Gasteiger partial charge on any atom is -0.393 e. The number of aliphatic hydroxyl groups is 1. The van der Waals surface area contributed by atoms with Gasteiger partial charge in [0.25, 0.3) is 0 Å². The second kappa shape index (κ2) is 4.00. The molecule has 2 aromatic heterocycles. The molecule has 1 aliphatic heterocycles. The summed E-state index contributed by atoms with van der Waals surface area (Å²) in [5.74, 6) is 1.77. The van der Waals surface area contributed by atoms with Crippen molar-refractivity contribution in [2.24, 2.45) is 0 Å². The van der Waals surface area contributed by atoms with Crippen LogP contribution >= 0.6 is 0 Å². The quantitative estimate of drug-likeness (QED) is 0.776. The van der Waals surface area contributed by atoms with Gasteiger partial charge in [-0.3, -0.25) is 0 Å². The molecule has 1 fully saturated rings. The summed E-state index contributed by atoms with van der Waals surface area (Å²) >= 11 is 0. The highest BCUT2D eigenvalue weighted by molar-refractivity contribution is 5.87.